The van der Waals surface area contributed by atoms with Gasteiger partial charge < -0.3 is 15.4 Å². The van der Waals surface area contributed by atoms with Crippen molar-refractivity contribution < 1.29 is 19.1 Å². The average Bonchev–Trinajstić information content (AvgIpc) is 3.13. The number of nitrogens with two attached hydrogens (primary N) is 1. The molecular formula is C24H27N3O4. The van der Waals surface area contributed by atoms with Gasteiger partial charge in [-0.2, -0.15) is 0 Å². The van der Waals surface area contributed by atoms with Gasteiger partial charge in [-0.15, -0.1) is 0 Å². The highest BCUT2D eigenvalue weighted by Gasteiger charge is 2.38. The van der Waals surface area contributed by atoms with E-state index in [0.29, 0.717) is 31.7 Å². The molecule has 2 N–H and O–H groups in total. The number of primary amides is 1. The maximum absolute atomic E-state index is 12.9. The van der Waals surface area contributed by atoms with Gasteiger partial charge in [0.1, 0.15) is 6.10 Å². The molecule has 0 unspecified atom stereocenters. The average molecular weight is 421 g/mol. The number of esters is 1. The van der Waals surface area contributed by atoms with E-state index in [4.69, 9.17) is 10.5 Å². The molecule has 0 aliphatic carbocycles. The zero-order valence-corrected chi connectivity index (χ0v) is 17.4. The first kappa shape index (κ1) is 21.1. The lowest BCUT2D eigenvalue weighted by Gasteiger charge is -2.30. The van der Waals surface area contributed by atoms with Crippen molar-refractivity contribution in [2.24, 2.45) is 11.7 Å². The Balaban J connectivity index is 1.38. The second-order valence-corrected chi connectivity index (χ2v) is 8.27. The van der Waals surface area contributed by atoms with Gasteiger partial charge in [-0.3, -0.25) is 14.5 Å². The number of ether oxygens (including phenoxy) is 1. The minimum atomic E-state index is -0.477. The third-order valence-corrected chi connectivity index (χ3v) is 6.03. The van der Waals surface area contributed by atoms with Gasteiger partial charge in [-0.1, -0.05) is 42.5 Å². The summed E-state index contributed by atoms with van der Waals surface area (Å²) >= 11 is 0. The van der Waals surface area contributed by atoms with E-state index in [1.807, 2.05) is 28.0 Å². The Morgan fingerprint density at radius 1 is 0.968 bits per heavy atom. The zero-order valence-electron chi connectivity index (χ0n) is 17.4. The Hall–Kier alpha value is -3.19. The summed E-state index contributed by atoms with van der Waals surface area (Å²) in [6, 6.07) is 16.9. The fourth-order valence-corrected chi connectivity index (χ4v) is 4.42. The lowest BCUT2D eigenvalue weighted by molar-refractivity contribution is -0.133. The highest BCUT2D eigenvalue weighted by Crippen LogP contribution is 2.25. The number of carbonyl (C=O) groups is 3. The zero-order chi connectivity index (χ0) is 21.8. The predicted octanol–water partition coefficient (Wildman–Crippen LogP) is 1.60. The van der Waals surface area contributed by atoms with Crippen LogP contribution in [-0.4, -0.2) is 59.9 Å². The molecule has 31 heavy (non-hydrogen) atoms. The summed E-state index contributed by atoms with van der Waals surface area (Å²) in [5.74, 6) is -1.05. The van der Waals surface area contributed by atoms with Gasteiger partial charge in [0.15, 0.2) is 0 Å². The molecule has 2 aliphatic heterocycles. The molecule has 4 rings (SSSR count). The number of carbonyl (C=O) groups excluding carboxylic acids is 3. The standard InChI is InChI=1S/C24H27N3O4/c25-22(28)12-20-13-26(15-21(20)31-24(30)18-7-2-1-3-8-18)16-23(29)27-11-10-17-6-4-5-9-19(17)14-27/h1-9,20-21H,10-16H2,(H2,25,28)/t20-,21+/m0/s1. The number of benzene rings is 2. The Bertz CT molecular complexity index is 962. The van der Waals surface area contributed by atoms with Crippen LogP contribution in [0.4, 0.5) is 0 Å². The first-order chi connectivity index (χ1) is 15.0. The van der Waals surface area contributed by atoms with E-state index in [-0.39, 0.29) is 24.8 Å². The summed E-state index contributed by atoms with van der Waals surface area (Å²) in [5.41, 5.74) is 8.35. The maximum Gasteiger partial charge on any atom is 0.338 e. The predicted molar refractivity (Wildman–Crippen MR) is 115 cm³/mol. The summed E-state index contributed by atoms with van der Waals surface area (Å²) in [5, 5.41) is 0. The van der Waals surface area contributed by atoms with E-state index in [2.05, 4.69) is 12.1 Å². The van der Waals surface area contributed by atoms with Crippen LogP contribution in [0.2, 0.25) is 0 Å². The van der Waals surface area contributed by atoms with Crippen molar-refractivity contribution >= 4 is 17.8 Å². The minimum absolute atomic E-state index is 0.0439. The number of nitrogens with zero attached hydrogens (tertiary/aromatic N) is 2. The third kappa shape index (κ3) is 5.11. The lowest BCUT2D eigenvalue weighted by atomic mass is 10.00. The topological polar surface area (TPSA) is 92.9 Å². The molecule has 2 heterocycles. The van der Waals surface area contributed by atoms with Crippen molar-refractivity contribution in [1.29, 1.82) is 0 Å². The summed E-state index contributed by atoms with van der Waals surface area (Å²) in [7, 11) is 0. The first-order valence-corrected chi connectivity index (χ1v) is 10.6. The van der Waals surface area contributed by atoms with Crippen LogP contribution in [0.1, 0.15) is 27.9 Å². The maximum atomic E-state index is 12.9. The molecule has 2 amide bonds. The van der Waals surface area contributed by atoms with Crippen molar-refractivity contribution in [3.8, 4) is 0 Å². The third-order valence-electron chi connectivity index (χ3n) is 6.03. The van der Waals surface area contributed by atoms with Crippen molar-refractivity contribution in [3.05, 3.63) is 71.3 Å². The molecule has 2 aliphatic rings. The van der Waals surface area contributed by atoms with Gasteiger partial charge in [0.05, 0.1) is 12.1 Å². The molecule has 2 aromatic rings. The quantitative estimate of drug-likeness (QED) is 0.716. The van der Waals surface area contributed by atoms with Crippen molar-refractivity contribution in [2.75, 3.05) is 26.2 Å². The van der Waals surface area contributed by atoms with Crippen LogP contribution >= 0.6 is 0 Å². The Labute approximate surface area is 181 Å². The molecule has 0 radical (unpaired) electrons. The Morgan fingerprint density at radius 3 is 2.42 bits per heavy atom. The van der Waals surface area contributed by atoms with E-state index >= 15 is 0 Å². The fraction of sp³-hybridized carbons (Fsp3) is 0.375. The van der Waals surface area contributed by atoms with Gasteiger partial charge in [-0.05, 0) is 29.7 Å². The largest absolute Gasteiger partial charge is 0.457 e. The van der Waals surface area contributed by atoms with Gasteiger partial charge in [-0.25, -0.2) is 4.79 Å². The molecule has 0 bridgehead atoms. The van der Waals surface area contributed by atoms with E-state index in [9.17, 15) is 14.4 Å². The summed E-state index contributed by atoms with van der Waals surface area (Å²) in [4.78, 5) is 40.8. The van der Waals surface area contributed by atoms with Gasteiger partial charge in [0.25, 0.3) is 0 Å². The number of fused-ring (bicyclic) bond motifs is 1. The smallest absolute Gasteiger partial charge is 0.338 e. The van der Waals surface area contributed by atoms with E-state index in [1.165, 1.54) is 11.1 Å². The van der Waals surface area contributed by atoms with E-state index in [0.717, 1.165) is 6.42 Å². The number of rotatable bonds is 6. The summed E-state index contributed by atoms with van der Waals surface area (Å²) < 4.78 is 5.70. The molecule has 2 aromatic carbocycles. The number of hydrogen-bond acceptors (Lipinski definition) is 5. The number of likely N-dealkylation sites (tertiary alicyclic amines) is 1. The fourth-order valence-electron chi connectivity index (χ4n) is 4.42. The molecule has 1 fully saturated rings. The van der Waals surface area contributed by atoms with Crippen LogP contribution in [0.15, 0.2) is 54.6 Å². The summed E-state index contributed by atoms with van der Waals surface area (Å²) in [6.07, 6.45) is 0.494. The van der Waals surface area contributed by atoms with E-state index < -0.39 is 18.0 Å². The highest BCUT2D eigenvalue weighted by atomic mass is 16.5. The highest BCUT2D eigenvalue weighted by molar-refractivity contribution is 5.89. The monoisotopic (exact) mass is 421 g/mol. The van der Waals surface area contributed by atoms with Gasteiger partial charge in [0.2, 0.25) is 11.8 Å². The van der Waals surface area contributed by atoms with E-state index in [1.54, 1.807) is 24.3 Å². The van der Waals surface area contributed by atoms with Crippen molar-refractivity contribution in [2.45, 2.75) is 25.5 Å². The molecule has 0 spiro atoms. The van der Waals surface area contributed by atoms with Crippen LogP contribution < -0.4 is 5.73 Å². The molecule has 2 atom stereocenters. The number of hydrogen-bond donors (Lipinski definition) is 1. The number of amides is 2. The molecule has 1 saturated heterocycles. The second-order valence-electron chi connectivity index (χ2n) is 8.27. The summed E-state index contributed by atoms with van der Waals surface area (Å²) in [6.45, 7) is 2.44. The van der Waals surface area contributed by atoms with Crippen molar-refractivity contribution in [3.63, 3.8) is 0 Å². The normalized spacial score (nSPS) is 20.8. The molecule has 0 aromatic heterocycles. The van der Waals surface area contributed by atoms with Gasteiger partial charge >= 0.3 is 5.97 Å². The van der Waals surface area contributed by atoms with Crippen LogP contribution in [0, 0.1) is 5.92 Å². The lowest BCUT2D eigenvalue weighted by Crippen LogP contribution is -2.42. The molecule has 7 heteroatoms. The molecule has 0 saturated carbocycles. The Kier molecular flexibility index (Phi) is 6.32. The van der Waals surface area contributed by atoms with Crippen LogP contribution in [0.25, 0.3) is 0 Å². The first-order valence-electron chi connectivity index (χ1n) is 10.6. The van der Waals surface area contributed by atoms with Crippen LogP contribution in [-0.2, 0) is 27.3 Å². The van der Waals surface area contributed by atoms with Crippen LogP contribution in [0.3, 0.4) is 0 Å². The minimum Gasteiger partial charge on any atom is -0.457 e. The molecular weight excluding hydrogens is 394 g/mol. The SMILES string of the molecule is NC(=O)C[C@H]1CN(CC(=O)N2CCc3ccccc3C2)C[C@H]1OC(=O)c1ccccc1. The van der Waals surface area contributed by atoms with Crippen LogP contribution in [0.5, 0.6) is 0 Å². The molecule has 162 valence electrons. The molecule has 7 nitrogen and oxygen atoms in total. The van der Waals surface area contributed by atoms with Gasteiger partial charge in [0, 0.05) is 38.5 Å². The van der Waals surface area contributed by atoms with Crippen molar-refractivity contribution in [1.82, 2.24) is 9.80 Å². The second kappa shape index (κ2) is 9.31. The Morgan fingerprint density at radius 2 is 1.68 bits per heavy atom.